The van der Waals surface area contributed by atoms with Gasteiger partial charge in [0.05, 0.1) is 6.54 Å². The van der Waals surface area contributed by atoms with Crippen molar-refractivity contribution in [3.63, 3.8) is 0 Å². The van der Waals surface area contributed by atoms with Crippen LogP contribution in [0.4, 0.5) is 5.82 Å². The molecular weight excluding hydrogens is 350 g/mol. The number of anilines is 1. The van der Waals surface area contributed by atoms with E-state index in [2.05, 4.69) is 61.5 Å². The standard InChI is InChI=1S/C21H31N7/c1-3-22-21(24-11-9-19-6-4-5-10-23-19)26-17-18-7-8-20(25-16-18)28-14-12-27(2)13-15-28/h4-8,10,16H,3,9,11-15,17H2,1-2H3,(H2,22,24,26). The molecule has 150 valence electrons. The topological polar surface area (TPSA) is 68.7 Å². The zero-order chi connectivity index (χ0) is 19.6. The predicted molar refractivity (Wildman–Crippen MR) is 115 cm³/mol. The van der Waals surface area contributed by atoms with Crippen molar-refractivity contribution >= 4 is 11.8 Å². The number of nitrogens with zero attached hydrogens (tertiary/aromatic N) is 5. The Kier molecular flexibility index (Phi) is 7.61. The third-order valence-electron chi connectivity index (χ3n) is 4.80. The minimum absolute atomic E-state index is 0.606. The summed E-state index contributed by atoms with van der Waals surface area (Å²) in [5, 5.41) is 6.66. The molecule has 7 heteroatoms. The lowest BCUT2D eigenvalue weighted by Crippen LogP contribution is -2.44. The van der Waals surface area contributed by atoms with Gasteiger partial charge in [-0.2, -0.15) is 0 Å². The summed E-state index contributed by atoms with van der Waals surface area (Å²) in [6.07, 6.45) is 4.63. The van der Waals surface area contributed by atoms with Crippen LogP contribution in [0.3, 0.4) is 0 Å². The van der Waals surface area contributed by atoms with Crippen molar-refractivity contribution in [2.45, 2.75) is 19.9 Å². The van der Waals surface area contributed by atoms with Crippen LogP contribution in [0.1, 0.15) is 18.2 Å². The minimum Gasteiger partial charge on any atom is -0.357 e. The molecular formula is C21H31N7. The van der Waals surface area contributed by atoms with Gasteiger partial charge in [-0.1, -0.05) is 12.1 Å². The van der Waals surface area contributed by atoms with E-state index in [-0.39, 0.29) is 0 Å². The maximum Gasteiger partial charge on any atom is 0.191 e. The normalized spacial score (nSPS) is 15.5. The number of hydrogen-bond donors (Lipinski definition) is 2. The molecule has 1 aliphatic heterocycles. The van der Waals surface area contributed by atoms with Crippen molar-refractivity contribution in [2.24, 2.45) is 4.99 Å². The van der Waals surface area contributed by atoms with Crippen molar-refractivity contribution in [2.75, 3.05) is 51.2 Å². The lowest BCUT2D eigenvalue weighted by molar-refractivity contribution is 0.312. The number of aliphatic imine (C=N–C) groups is 1. The highest BCUT2D eigenvalue weighted by Crippen LogP contribution is 2.14. The first-order chi connectivity index (χ1) is 13.7. The van der Waals surface area contributed by atoms with Crippen LogP contribution in [-0.2, 0) is 13.0 Å². The molecule has 0 aromatic carbocycles. The molecule has 1 saturated heterocycles. The molecule has 2 aromatic rings. The van der Waals surface area contributed by atoms with Gasteiger partial charge in [-0.05, 0) is 37.7 Å². The number of likely N-dealkylation sites (N-methyl/N-ethyl adjacent to an activating group) is 1. The van der Waals surface area contributed by atoms with E-state index in [1.807, 2.05) is 30.6 Å². The van der Waals surface area contributed by atoms with Gasteiger partial charge in [-0.15, -0.1) is 0 Å². The summed E-state index contributed by atoms with van der Waals surface area (Å²) in [5.41, 5.74) is 2.19. The summed E-state index contributed by atoms with van der Waals surface area (Å²) < 4.78 is 0. The summed E-state index contributed by atoms with van der Waals surface area (Å²) in [7, 11) is 2.16. The Morgan fingerprint density at radius 3 is 2.61 bits per heavy atom. The van der Waals surface area contributed by atoms with E-state index >= 15 is 0 Å². The van der Waals surface area contributed by atoms with Crippen molar-refractivity contribution in [3.05, 3.63) is 54.0 Å². The molecule has 0 bridgehead atoms. The predicted octanol–water partition coefficient (Wildman–Crippen LogP) is 1.53. The first-order valence-electron chi connectivity index (χ1n) is 10.0. The molecule has 0 saturated carbocycles. The van der Waals surface area contributed by atoms with Gasteiger partial charge in [0.25, 0.3) is 0 Å². The number of pyridine rings is 2. The molecule has 3 rings (SSSR count). The molecule has 0 unspecified atom stereocenters. The molecule has 2 N–H and O–H groups in total. The van der Waals surface area contributed by atoms with Crippen molar-refractivity contribution in [3.8, 4) is 0 Å². The maximum absolute atomic E-state index is 4.68. The first kappa shape index (κ1) is 20.1. The highest BCUT2D eigenvalue weighted by Gasteiger charge is 2.14. The van der Waals surface area contributed by atoms with E-state index in [9.17, 15) is 0 Å². The fourth-order valence-corrected chi connectivity index (χ4v) is 3.10. The Labute approximate surface area is 167 Å². The molecule has 7 nitrogen and oxygen atoms in total. The molecule has 1 fully saturated rings. The summed E-state index contributed by atoms with van der Waals surface area (Å²) in [6, 6.07) is 10.2. The van der Waals surface area contributed by atoms with Gasteiger partial charge in [0.2, 0.25) is 0 Å². The number of piperazine rings is 1. The Morgan fingerprint density at radius 2 is 1.93 bits per heavy atom. The quantitative estimate of drug-likeness (QED) is 0.560. The zero-order valence-electron chi connectivity index (χ0n) is 16.9. The molecule has 0 atom stereocenters. The number of rotatable bonds is 7. The van der Waals surface area contributed by atoms with E-state index in [0.717, 1.165) is 68.7 Å². The van der Waals surface area contributed by atoms with Crippen molar-refractivity contribution in [1.29, 1.82) is 0 Å². The summed E-state index contributed by atoms with van der Waals surface area (Å²) in [5.74, 6) is 1.88. The Morgan fingerprint density at radius 1 is 1.07 bits per heavy atom. The molecule has 2 aromatic heterocycles. The number of aromatic nitrogens is 2. The van der Waals surface area contributed by atoms with Crippen LogP contribution in [0.2, 0.25) is 0 Å². The second-order valence-electron chi connectivity index (χ2n) is 7.01. The summed E-state index contributed by atoms with van der Waals surface area (Å²) >= 11 is 0. The SMILES string of the molecule is CCNC(=NCc1ccc(N2CCN(C)CC2)nc1)NCCc1ccccn1. The van der Waals surface area contributed by atoms with Crippen molar-refractivity contribution in [1.82, 2.24) is 25.5 Å². The van der Waals surface area contributed by atoms with Crippen LogP contribution < -0.4 is 15.5 Å². The van der Waals surface area contributed by atoms with E-state index < -0.39 is 0 Å². The second kappa shape index (κ2) is 10.6. The lowest BCUT2D eigenvalue weighted by atomic mass is 10.2. The van der Waals surface area contributed by atoms with Gasteiger partial charge in [0.1, 0.15) is 5.82 Å². The fourth-order valence-electron chi connectivity index (χ4n) is 3.10. The monoisotopic (exact) mass is 381 g/mol. The van der Waals surface area contributed by atoms with Crippen LogP contribution in [-0.4, -0.2) is 67.1 Å². The fraction of sp³-hybridized carbons (Fsp3) is 0.476. The van der Waals surface area contributed by atoms with Crippen LogP contribution in [0.5, 0.6) is 0 Å². The average Bonchev–Trinajstić information content (AvgIpc) is 2.74. The largest absolute Gasteiger partial charge is 0.357 e. The number of guanidine groups is 1. The summed E-state index contributed by atoms with van der Waals surface area (Å²) in [6.45, 7) is 8.54. The van der Waals surface area contributed by atoms with Crippen LogP contribution >= 0.6 is 0 Å². The van der Waals surface area contributed by atoms with Crippen LogP contribution in [0.15, 0.2) is 47.7 Å². The Hall–Kier alpha value is -2.67. The van der Waals surface area contributed by atoms with E-state index in [1.165, 1.54) is 0 Å². The van der Waals surface area contributed by atoms with E-state index in [4.69, 9.17) is 0 Å². The highest BCUT2D eigenvalue weighted by atomic mass is 15.3. The third kappa shape index (κ3) is 6.20. The van der Waals surface area contributed by atoms with Crippen LogP contribution in [0, 0.1) is 0 Å². The minimum atomic E-state index is 0.606. The molecule has 0 spiro atoms. The third-order valence-corrected chi connectivity index (χ3v) is 4.80. The van der Waals surface area contributed by atoms with E-state index in [0.29, 0.717) is 6.54 Å². The van der Waals surface area contributed by atoms with Gasteiger partial charge < -0.3 is 20.4 Å². The first-order valence-corrected chi connectivity index (χ1v) is 10.0. The second-order valence-corrected chi connectivity index (χ2v) is 7.01. The summed E-state index contributed by atoms with van der Waals surface area (Å²) in [4.78, 5) is 18.4. The smallest absolute Gasteiger partial charge is 0.191 e. The van der Waals surface area contributed by atoms with Crippen molar-refractivity contribution < 1.29 is 0 Å². The molecule has 3 heterocycles. The molecule has 1 aliphatic rings. The van der Waals surface area contributed by atoms with Gasteiger partial charge in [-0.25, -0.2) is 9.98 Å². The van der Waals surface area contributed by atoms with E-state index in [1.54, 1.807) is 0 Å². The van der Waals surface area contributed by atoms with Gasteiger partial charge in [0.15, 0.2) is 5.96 Å². The lowest BCUT2D eigenvalue weighted by Gasteiger charge is -2.33. The molecule has 28 heavy (non-hydrogen) atoms. The van der Waals surface area contributed by atoms with Gasteiger partial charge in [0, 0.05) is 63.8 Å². The van der Waals surface area contributed by atoms with Gasteiger partial charge in [-0.3, -0.25) is 4.98 Å². The molecule has 0 amide bonds. The zero-order valence-corrected chi connectivity index (χ0v) is 16.9. The van der Waals surface area contributed by atoms with Crippen LogP contribution in [0.25, 0.3) is 0 Å². The Bertz CT molecular complexity index is 722. The molecule has 0 aliphatic carbocycles. The van der Waals surface area contributed by atoms with Gasteiger partial charge >= 0.3 is 0 Å². The number of nitrogens with one attached hydrogen (secondary N) is 2. The Balaban J connectivity index is 1.50. The maximum atomic E-state index is 4.68. The molecule has 0 radical (unpaired) electrons. The number of hydrogen-bond acceptors (Lipinski definition) is 5. The average molecular weight is 382 g/mol. The highest BCUT2D eigenvalue weighted by molar-refractivity contribution is 5.79.